The molecule has 0 radical (unpaired) electrons. The maximum Gasteiger partial charge on any atom is 0.261 e. The number of para-hydroxylation sites is 1. The Morgan fingerprint density at radius 3 is 2.65 bits per heavy atom. The largest absolute Gasteiger partial charge is 0.479 e. The number of carbonyl (C=O) groups excluding carboxylic acids is 2. The molecule has 1 unspecified atom stereocenters. The molecule has 5 nitrogen and oxygen atoms in total. The molecule has 1 aromatic carbocycles. The molecule has 0 spiro atoms. The van der Waals surface area contributed by atoms with Gasteiger partial charge in [0.2, 0.25) is 5.91 Å². The topological polar surface area (TPSA) is 67.4 Å². The van der Waals surface area contributed by atoms with Crippen molar-refractivity contribution >= 4 is 23.4 Å². The van der Waals surface area contributed by atoms with E-state index in [1.165, 1.54) is 0 Å². The van der Waals surface area contributed by atoms with Crippen molar-refractivity contribution in [3.63, 3.8) is 0 Å². The number of nitrogens with one attached hydrogen (secondary N) is 2. The van der Waals surface area contributed by atoms with Crippen LogP contribution in [0, 0.1) is 0 Å². The van der Waals surface area contributed by atoms with Gasteiger partial charge in [-0.15, -0.1) is 0 Å². The molecule has 0 heterocycles. The summed E-state index contributed by atoms with van der Waals surface area (Å²) in [5, 5.41) is 5.62. The fourth-order valence-electron chi connectivity index (χ4n) is 1.42. The summed E-state index contributed by atoms with van der Waals surface area (Å²) in [4.78, 5) is 23.1. The van der Waals surface area contributed by atoms with E-state index in [1.54, 1.807) is 31.2 Å². The van der Waals surface area contributed by atoms with E-state index in [9.17, 15) is 9.59 Å². The van der Waals surface area contributed by atoms with E-state index in [2.05, 4.69) is 10.6 Å². The van der Waals surface area contributed by atoms with E-state index in [4.69, 9.17) is 16.3 Å². The molecule has 110 valence electrons. The van der Waals surface area contributed by atoms with E-state index in [0.29, 0.717) is 17.3 Å². The van der Waals surface area contributed by atoms with Crippen LogP contribution >= 0.6 is 11.6 Å². The molecule has 1 aromatic rings. The monoisotopic (exact) mass is 298 g/mol. The average molecular weight is 299 g/mol. The number of amides is 2. The minimum Gasteiger partial charge on any atom is -0.479 e. The first kappa shape index (κ1) is 16.3. The highest BCUT2D eigenvalue weighted by Crippen LogP contribution is 2.24. The number of rotatable bonds is 7. The van der Waals surface area contributed by atoms with E-state index in [1.807, 2.05) is 6.92 Å². The number of ether oxygens (including phenoxy) is 1. The normalized spacial score (nSPS) is 11.6. The predicted molar refractivity (Wildman–Crippen MR) is 77.9 cm³/mol. The van der Waals surface area contributed by atoms with Gasteiger partial charge in [0.05, 0.1) is 11.6 Å². The fourth-order valence-corrected chi connectivity index (χ4v) is 1.60. The van der Waals surface area contributed by atoms with Crippen LogP contribution in [0.25, 0.3) is 0 Å². The molecule has 0 bridgehead atoms. The molecule has 1 rings (SSSR count). The highest BCUT2D eigenvalue weighted by atomic mass is 35.5. The third kappa shape index (κ3) is 5.48. The van der Waals surface area contributed by atoms with E-state index < -0.39 is 6.10 Å². The van der Waals surface area contributed by atoms with Gasteiger partial charge in [-0.2, -0.15) is 0 Å². The van der Waals surface area contributed by atoms with Crippen molar-refractivity contribution in [2.75, 3.05) is 13.1 Å². The summed E-state index contributed by atoms with van der Waals surface area (Å²) < 4.78 is 5.44. The van der Waals surface area contributed by atoms with Gasteiger partial charge in [0.1, 0.15) is 5.75 Å². The zero-order valence-corrected chi connectivity index (χ0v) is 12.4. The second kappa shape index (κ2) is 8.43. The van der Waals surface area contributed by atoms with Crippen LogP contribution in [0.5, 0.6) is 5.75 Å². The molecule has 0 saturated heterocycles. The van der Waals surface area contributed by atoms with Crippen molar-refractivity contribution < 1.29 is 14.3 Å². The van der Waals surface area contributed by atoms with Crippen LogP contribution in [-0.4, -0.2) is 31.0 Å². The summed E-state index contributed by atoms with van der Waals surface area (Å²) in [7, 11) is 0. The van der Waals surface area contributed by atoms with Gasteiger partial charge in [0, 0.05) is 6.54 Å². The highest BCUT2D eigenvalue weighted by molar-refractivity contribution is 6.32. The quantitative estimate of drug-likeness (QED) is 0.806. The highest BCUT2D eigenvalue weighted by Gasteiger charge is 2.16. The number of carbonyl (C=O) groups is 2. The van der Waals surface area contributed by atoms with Gasteiger partial charge in [0.25, 0.3) is 5.91 Å². The molecule has 2 amide bonds. The number of hydrogen-bond donors (Lipinski definition) is 2. The van der Waals surface area contributed by atoms with Crippen LogP contribution in [0.15, 0.2) is 24.3 Å². The Kier molecular flexibility index (Phi) is 6.87. The molecule has 0 aliphatic carbocycles. The molecule has 0 fully saturated rings. The van der Waals surface area contributed by atoms with E-state index in [0.717, 1.165) is 6.42 Å². The lowest BCUT2D eigenvalue weighted by Crippen LogP contribution is -2.42. The summed E-state index contributed by atoms with van der Waals surface area (Å²) in [5.74, 6) is -0.144. The molecule has 6 heteroatoms. The minimum absolute atomic E-state index is 0.0605. The van der Waals surface area contributed by atoms with Gasteiger partial charge in [-0.25, -0.2) is 0 Å². The van der Waals surface area contributed by atoms with Gasteiger partial charge >= 0.3 is 0 Å². The second-order valence-corrected chi connectivity index (χ2v) is 4.67. The summed E-state index contributed by atoms with van der Waals surface area (Å²) in [6, 6.07) is 6.90. The molecule has 1 atom stereocenters. The van der Waals surface area contributed by atoms with Gasteiger partial charge in [-0.3, -0.25) is 9.59 Å². The van der Waals surface area contributed by atoms with Crippen molar-refractivity contribution in [3.05, 3.63) is 29.3 Å². The van der Waals surface area contributed by atoms with Crippen molar-refractivity contribution in [2.45, 2.75) is 26.4 Å². The fraction of sp³-hybridized carbons (Fsp3) is 0.429. The first-order valence-corrected chi connectivity index (χ1v) is 6.88. The third-order valence-corrected chi connectivity index (χ3v) is 2.82. The number of halogens is 1. The summed E-state index contributed by atoms with van der Waals surface area (Å²) in [5.41, 5.74) is 0. The molecule has 20 heavy (non-hydrogen) atoms. The van der Waals surface area contributed by atoms with Crippen LogP contribution in [0.1, 0.15) is 20.3 Å². The molecule has 2 N–H and O–H groups in total. The lowest BCUT2D eigenvalue weighted by atomic mass is 10.3. The standard InChI is InChI=1S/C14H19ClN2O3/c1-3-8-16-13(18)9-17-14(19)10(2)20-12-7-5-4-6-11(12)15/h4-7,10H,3,8-9H2,1-2H3,(H,16,18)(H,17,19). The van der Waals surface area contributed by atoms with Crippen LogP contribution in [0.2, 0.25) is 5.02 Å². The number of benzene rings is 1. The third-order valence-electron chi connectivity index (χ3n) is 2.50. The average Bonchev–Trinajstić information content (AvgIpc) is 2.44. The van der Waals surface area contributed by atoms with Gasteiger partial charge < -0.3 is 15.4 Å². The Morgan fingerprint density at radius 1 is 1.30 bits per heavy atom. The predicted octanol–water partition coefficient (Wildman–Crippen LogP) is 1.75. The zero-order valence-electron chi connectivity index (χ0n) is 11.6. The molecule has 0 aliphatic heterocycles. The summed E-state index contributed by atoms with van der Waals surface area (Å²) >= 11 is 5.94. The minimum atomic E-state index is -0.728. The lowest BCUT2D eigenvalue weighted by Gasteiger charge is -2.15. The first-order chi connectivity index (χ1) is 9.54. The van der Waals surface area contributed by atoms with E-state index in [-0.39, 0.29) is 18.4 Å². The molecule has 0 saturated carbocycles. The molecular weight excluding hydrogens is 280 g/mol. The zero-order chi connectivity index (χ0) is 15.0. The maximum atomic E-state index is 11.8. The molecule has 0 aromatic heterocycles. The van der Waals surface area contributed by atoms with Gasteiger partial charge in [0.15, 0.2) is 6.10 Å². The van der Waals surface area contributed by atoms with Crippen molar-refractivity contribution in [1.82, 2.24) is 10.6 Å². The van der Waals surface area contributed by atoms with Crippen LogP contribution in [0.4, 0.5) is 0 Å². The summed E-state index contributed by atoms with van der Waals surface area (Å²) in [6.07, 6.45) is 0.125. The molecular formula is C14H19ClN2O3. The SMILES string of the molecule is CCCNC(=O)CNC(=O)C(C)Oc1ccccc1Cl. The van der Waals surface area contributed by atoms with Gasteiger partial charge in [-0.05, 0) is 25.5 Å². The Hall–Kier alpha value is -1.75. The van der Waals surface area contributed by atoms with Crippen molar-refractivity contribution in [2.24, 2.45) is 0 Å². The van der Waals surface area contributed by atoms with Crippen LogP contribution in [-0.2, 0) is 9.59 Å². The number of hydrogen-bond acceptors (Lipinski definition) is 3. The Labute approximate surface area is 123 Å². The molecule has 0 aliphatic rings. The van der Waals surface area contributed by atoms with Gasteiger partial charge in [-0.1, -0.05) is 30.7 Å². The van der Waals surface area contributed by atoms with Crippen molar-refractivity contribution in [1.29, 1.82) is 0 Å². The maximum absolute atomic E-state index is 11.8. The Morgan fingerprint density at radius 2 is 2.00 bits per heavy atom. The van der Waals surface area contributed by atoms with Crippen molar-refractivity contribution in [3.8, 4) is 5.75 Å². The second-order valence-electron chi connectivity index (χ2n) is 4.26. The first-order valence-electron chi connectivity index (χ1n) is 6.50. The lowest BCUT2D eigenvalue weighted by molar-refractivity contribution is -0.130. The Balaban J connectivity index is 2.40. The smallest absolute Gasteiger partial charge is 0.261 e. The van der Waals surface area contributed by atoms with Crippen LogP contribution in [0.3, 0.4) is 0 Å². The summed E-state index contributed by atoms with van der Waals surface area (Å²) in [6.45, 7) is 4.09. The van der Waals surface area contributed by atoms with E-state index >= 15 is 0 Å². The van der Waals surface area contributed by atoms with Crippen LogP contribution < -0.4 is 15.4 Å². The Bertz CT molecular complexity index is 465.